The van der Waals surface area contributed by atoms with E-state index in [9.17, 15) is 22.8 Å². The molecule has 0 radical (unpaired) electrons. The molecule has 0 spiro atoms. The summed E-state index contributed by atoms with van der Waals surface area (Å²) in [4.78, 5) is 31.2. The summed E-state index contributed by atoms with van der Waals surface area (Å²) in [6, 6.07) is 3.81. The molecule has 3 aliphatic rings. The minimum absolute atomic E-state index is 0.0183. The van der Waals surface area contributed by atoms with E-state index in [1.165, 1.54) is 0 Å². The first kappa shape index (κ1) is 24.7. The number of urea groups is 1. The number of rotatable bonds is 9. The maximum absolute atomic E-state index is 13.3. The van der Waals surface area contributed by atoms with Crippen LogP contribution in [0.3, 0.4) is 0 Å². The lowest BCUT2D eigenvalue weighted by Gasteiger charge is -2.26. The van der Waals surface area contributed by atoms with Gasteiger partial charge in [0.1, 0.15) is 23.3 Å². The van der Waals surface area contributed by atoms with Crippen LogP contribution in [-0.2, 0) is 13.1 Å². The van der Waals surface area contributed by atoms with E-state index in [4.69, 9.17) is 9.40 Å². The molecule has 1 aliphatic heterocycles. The van der Waals surface area contributed by atoms with Crippen LogP contribution < -0.4 is 10.6 Å². The van der Waals surface area contributed by atoms with Gasteiger partial charge in [0.15, 0.2) is 5.58 Å². The number of carbonyl (C=O) groups is 2. The Hall–Kier alpha value is -3.57. The van der Waals surface area contributed by atoms with E-state index in [2.05, 4.69) is 10.4 Å². The maximum Gasteiger partial charge on any atom is 0.410 e. The van der Waals surface area contributed by atoms with Gasteiger partial charge in [-0.3, -0.25) is 9.48 Å². The van der Waals surface area contributed by atoms with Crippen LogP contribution in [0.5, 0.6) is 0 Å². The van der Waals surface area contributed by atoms with Crippen molar-refractivity contribution >= 4 is 23.0 Å². The standard InChI is InChI=1S/C26H29F3N6O3/c1-2-35-18(9-10-30-35)23(36)33-22(21(15-4-5-15)16-6-7-16)24-31-17-11-14(3-8-19(17)38-24)12-34-13-20(26(27,28)29)32-25(34)37/h3,8-11,15-16,20-22H,2,4-7,12-13H2,1H3,(H,32,37)(H,33,36)/t20-,22-/m0/s1. The summed E-state index contributed by atoms with van der Waals surface area (Å²) in [6.07, 6.45) is 1.56. The van der Waals surface area contributed by atoms with Gasteiger partial charge in [-0.15, -0.1) is 0 Å². The average molecular weight is 531 g/mol. The maximum atomic E-state index is 13.3. The molecule has 1 aromatic carbocycles. The van der Waals surface area contributed by atoms with Crippen LogP contribution in [0.25, 0.3) is 11.1 Å². The molecule has 3 amide bonds. The Morgan fingerprint density at radius 2 is 1.95 bits per heavy atom. The SMILES string of the molecule is CCn1nccc1C(=O)N[C@H](c1nc2cc(CN3C[C@@H](C(F)(F)F)NC3=O)ccc2o1)C(C1CC1)C1CC1. The predicted molar refractivity (Wildman–Crippen MR) is 130 cm³/mol. The van der Waals surface area contributed by atoms with E-state index in [0.29, 0.717) is 46.6 Å². The zero-order chi connectivity index (χ0) is 26.6. The summed E-state index contributed by atoms with van der Waals surface area (Å²) < 4.78 is 46.9. The minimum Gasteiger partial charge on any atom is -0.438 e. The van der Waals surface area contributed by atoms with Gasteiger partial charge >= 0.3 is 12.2 Å². The van der Waals surface area contributed by atoms with Gasteiger partial charge in [0.2, 0.25) is 5.89 Å². The fourth-order valence-electron chi connectivity index (χ4n) is 5.56. The minimum atomic E-state index is -4.50. The molecule has 0 bridgehead atoms. The molecule has 6 rings (SSSR count). The van der Waals surface area contributed by atoms with Crippen molar-refractivity contribution in [2.75, 3.05) is 6.54 Å². The van der Waals surface area contributed by atoms with Gasteiger partial charge in [-0.05, 0) is 74.1 Å². The number of hydrogen-bond donors (Lipinski definition) is 2. The van der Waals surface area contributed by atoms with E-state index < -0.39 is 30.8 Å². The molecule has 1 saturated heterocycles. The van der Waals surface area contributed by atoms with Crippen molar-refractivity contribution in [2.45, 2.75) is 64.0 Å². The molecule has 202 valence electrons. The molecule has 2 aliphatic carbocycles. The van der Waals surface area contributed by atoms with Crippen molar-refractivity contribution in [3.63, 3.8) is 0 Å². The number of carbonyl (C=O) groups excluding carboxylic acids is 2. The van der Waals surface area contributed by atoms with Crippen molar-refractivity contribution in [3.05, 3.63) is 47.6 Å². The van der Waals surface area contributed by atoms with Crippen molar-refractivity contribution in [3.8, 4) is 0 Å². The molecule has 2 aromatic heterocycles. The number of halogens is 3. The third-order valence-electron chi connectivity index (χ3n) is 7.74. The number of nitrogens with one attached hydrogen (secondary N) is 2. The van der Waals surface area contributed by atoms with Crippen molar-refractivity contribution in [2.24, 2.45) is 17.8 Å². The van der Waals surface area contributed by atoms with Crippen LogP contribution in [0.1, 0.15) is 60.6 Å². The highest BCUT2D eigenvalue weighted by molar-refractivity contribution is 5.92. The second kappa shape index (κ2) is 9.32. The van der Waals surface area contributed by atoms with Gasteiger partial charge in [-0.2, -0.15) is 18.3 Å². The zero-order valence-electron chi connectivity index (χ0n) is 20.9. The number of fused-ring (bicyclic) bond motifs is 1. The number of nitrogens with zero attached hydrogens (tertiary/aromatic N) is 4. The molecule has 3 aromatic rings. The van der Waals surface area contributed by atoms with Gasteiger partial charge in [-0.25, -0.2) is 9.78 Å². The van der Waals surface area contributed by atoms with Crippen molar-refractivity contribution in [1.29, 1.82) is 0 Å². The lowest BCUT2D eigenvalue weighted by atomic mass is 9.89. The second-order valence-corrected chi connectivity index (χ2v) is 10.5. The molecule has 38 heavy (non-hydrogen) atoms. The Morgan fingerprint density at radius 3 is 2.58 bits per heavy atom. The molecule has 0 unspecified atom stereocenters. The molecular weight excluding hydrogens is 501 g/mol. The highest BCUT2D eigenvalue weighted by Gasteiger charge is 2.48. The van der Waals surface area contributed by atoms with Crippen LogP contribution in [0.4, 0.5) is 18.0 Å². The summed E-state index contributed by atoms with van der Waals surface area (Å²) in [6.45, 7) is 2.06. The van der Waals surface area contributed by atoms with E-state index >= 15 is 0 Å². The van der Waals surface area contributed by atoms with E-state index in [1.54, 1.807) is 35.1 Å². The van der Waals surface area contributed by atoms with Crippen molar-refractivity contribution in [1.82, 2.24) is 30.3 Å². The first-order chi connectivity index (χ1) is 18.2. The summed E-state index contributed by atoms with van der Waals surface area (Å²) >= 11 is 0. The van der Waals surface area contributed by atoms with Crippen LogP contribution in [0.15, 0.2) is 34.9 Å². The smallest absolute Gasteiger partial charge is 0.410 e. The molecule has 3 fully saturated rings. The molecule has 9 nitrogen and oxygen atoms in total. The number of alkyl halides is 3. The first-order valence-electron chi connectivity index (χ1n) is 13.1. The van der Waals surface area contributed by atoms with Gasteiger partial charge in [0.25, 0.3) is 5.91 Å². The normalized spacial score (nSPS) is 20.8. The fraction of sp³-hybridized carbons (Fsp3) is 0.538. The number of aryl methyl sites for hydroxylation is 1. The summed E-state index contributed by atoms with van der Waals surface area (Å²) in [7, 11) is 0. The molecule has 2 saturated carbocycles. The monoisotopic (exact) mass is 530 g/mol. The Labute approximate surface area is 216 Å². The zero-order valence-corrected chi connectivity index (χ0v) is 20.9. The summed E-state index contributed by atoms with van der Waals surface area (Å²) in [5.41, 5.74) is 2.17. The Kier molecular flexibility index (Phi) is 6.07. The Bertz CT molecular complexity index is 1350. The van der Waals surface area contributed by atoms with E-state index in [0.717, 1.165) is 30.6 Å². The molecule has 2 N–H and O–H groups in total. The number of hydrogen-bond acceptors (Lipinski definition) is 5. The van der Waals surface area contributed by atoms with Crippen molar-refractivity contribution < 1.29 is 27.2 Å². The van der Waals surface area contributed by atoms with Crippen LogP contribution >= 0.6 is 0 Å². The van der Waals surface area contributed by atoms with E-state index in [1.807, 2.05) is 12.2 Å². The molecular formula is C26H29F3N6O3. The highest BCUT2D eigenvalue weighted by Crippen LogP contribution is 2.54. The Balaban J connectivity index is 1.26. The fourth-order valence-corrected chi connectivity index (χ4v) is 5.56. The van der Waals surface area contributed by atoms with Gasteiger partial charge in [-0.1, -0.05) is 6.07 Å². The summed E-state index contributed by atoms with van der Waals surface area (Å²) in [5.74, 6) is 1.42. The molecule has 12 heteroatoms. The quantitative estimate of drug-likeness (QED) is 0.427. The second-order valence-electron chi connectivity index (χ2n) is 10.5. The Morgan fingerprint density at radius 1 is 1.21 bits per heavy atom. The average Bonchev–Trinajstić information content (AvgIpc) is 3.76. The van der Waals surface area contributed by atoms with Gasteiger partial charge < -0.3 is 20.0 Å². The van der Waals surface area contributed by atoms with Gasteiger partial charge in [0.05, 0.1) is 6.54 Å². The number of benzene rings is 1. The number of oxazole rings is 1. The highest BCUT2D eigenvalue weighted by atomic mass is 19.4. The number of amides is 3. The topological polar surface area (TPSA) is 105 Å². The molecule has 3 heterocycles. The lowest BCUT2D eigenvalue weighted by Crippen LogP contribution is -2.40. The lowest BCUT2D eigenvalue weighted by molar-refractivity contribution is -0.149. The largest absolute Gasteiger partial charge is 0.438 e. The number of aromatic nitrogens is 3. The first-order valence-corrected chi connectivity index (χ1v) is 13.1. The van der Waals surface area contributed by atoms with Crippen LogP contribution in [0.2, 0.25) is 0 Å². The third kappa shape index (κ3) is 4.83. The van der Waals surface area contributed by atoms with Gasteiger partial charge in [0, 0.05) is 19.3 Å². The predicted octanol–water partition coefficient (Wildman–Crippen LogP) is 4.41. The van der Waals surface area contributed by atoms with Crippen LogP contribution in [0, 0.1) is 17.8 Å². The van der Waals surface area contributed by atoms with E-state index in [-0.39, 0.29) is 18.4 Å². The molecule has 2 atom stereocenters. The summed E-state index contributed by atoms with van der Waals surface area (Å²) in [5, 5.41) is 9.38. The van der Waals surface area contributed by atoms with Crippen LogP contribution in [-0.4, -0.2) is 50.4 Å². The third-order valence-corrected chi connectivity index (χ3v) is 7.74.